The van der Waals surface area contributed by atoms with Crippen LogP contribution in [0.15, 0.2) is 30.3 Å². The van der Waals surface area contributed by atoms with Crippen molar-refractivity contribution in [2.45, 2.75) is 38.6 Å². The van der Waals surface area contributed by atoms with Crippen molar-refractivity contribution in [3.05, 3.63) is 35.9 Å². The van der Waals surface area contributed by atoms with Gasteiger partial charge in [0.15, 0.2) is 0 Å². The molecule has 1 saturated heterocycles. The van der Waals surface area contributed by atoms with E-state index in [1.807, 2.05) is 0 Å². The van der Waals surface area contributed by atoms with Gasteiger partial charge in [-0.25, -0.2) is 0 Å². The molecule has 1 heterocycles. The molecule has 1 fully saturated rings. The summed E-state index contributed by atoms with van der Waals surface area (Å²) in [6.07, 6.45) is 5.13. The predicted octanol–water partition coefficient (Wildman–Crippen LogP) is 2.94. The molecule has 1 aliphatic rings. The van der Waals surface area contributed by atoms with Crippen LogP contribution < -0.4 is 5.32 Å². The van der Waals surface area contributed by atoms with Crippen LogP contribution >= 0.6 is 0 Å². The smallest absolute Gasteiger partial charge is 0.00679 e. The number of hydrogen-bond donors (Lipinski definition) is 1. The Morgan fingerprint density at radius 2 is 1.89 bits per heavy atom. The van der Waals surface area contributed by atoms with E-state index in [0.29, 0.717) is 6.04 Å². The van der Waals surface area contributed by atoms with Crippen LogP contribution in [-0.4, -0.2) is 37.6 Å². The van der Waals surface area contributed by atoms with Gasteiger partial charge in [-0.15, -0.1) is 0 Å². The minimum atomic E-state index is 0.671. The third-order valence-electron chi connectivity index (χ3n) is 4.42. The van der Waals surface area contributed by atoms with Gasteiger partial charge in [0.1, 0.15) is 0 Å². The summed E-state index contributed by atoms with van der Waals surface area (Å²) >= 11 is 0. The van der Waals surface area contributed by atoms with Crippen LogP contribution in [-0.2, 0) is 6.42 Å². The van der Waals surface area contributed by atoms with Crippen molar-refractivity contribution in [1.82, 2.24) is 10.2 Å². The Balaban J connectivity index is 1.60. The lowest BCUT2D eigenvalue weighted by atomic mass is 9.90. The fourth-order valence-corrected chi connectivity index (χ4v) is 2.96. The second-order valence-electron chi connectivity index (χ2n) is 5.97. The van der Waals surface area contributed by atoms with Gasteiger partial charge in [-0.05, 0) is 70.8 Å². The lowest BCUT2D eigenvalue weighted by Gasteiger charge is -2.33. The standard InChI is InChI=1S/C17H28N2/c1-15(17-10-13-19(2)14-11-17)18-12-6-9-16-7-4-3-5-8-16/h3-5,7-8,15,17-18H,6,9-14H2,1-2H3. The molecule has 2 nitrogen and oxygen atoms in total. The van der Waals surface area contributed by atoms with Crippen LogP contribution in [0.3, 0.4) is 0 Å². The van der Waals surface area contributed by atoms with Gasteiger partial charge < -0.3 is 10.2 Å². The van der Waals surface area contributed by atoms with E-state index in [-0.39, 0.29) is 0 Å². The van der Waals surface area contributed by atoms with Gasteiger partial charge in [0.2, 0.25) is 0 Å². The van der Waals surface area contributed by atoms with Crippen LogP contribution in [0.5, 0.6) is 0 Å². The number of rotatable bonds is 6. The summed E-state index contributed by atoms with van der Waals surface area (Å²) in [5.41, 5.74) is 1.45. The Morgan fingerprint density at radius 3 is 2.58 bits per heavy atom. The summed E-state index contributed by atoms with van der Waals surface area (Å²) in [6, 6.07) is 11.5. The third kappa shape index (κ3) is 4.96. The molecule has 0 amide bonds. The molecule has 106 valence electrons. The molecule has 1 N–H and O–H groups in total. The Kier molecular flexibility index (Phi) is 5.87. The highest BCUT2D eigenvalue weighted by Crippen LogP contribution is 2.19. The number of piperidine rings is 1. The highest BCUT2D eigenvalue weighted by Gasteiger charge is 2.21. The first kappa shape index (κ1) is 14.5. The maximum absolute atomic E-state index is 3.72. The number of nitrogens with zero attached hydrogens (tertiary/aromatic N) is 1. The first-order chi connectivity index (χ1) is 9.25. The zero-order valence-corrected chi connectivity index (χ0v) is 12.4. The second-order valence-corrected chi connectivity index (χ2v) is 5.97. The number of nitrogens with one attached hydrogen (secondary N) is 1. The van der Waals surface area contributed by atoms with Gasteiger partial charge in [-0.1, -0.05) is 30.3 Å². The zero-order chi connectivity index (χ0) is 13.5. The fourth-order valence-electron chi connectivity index (χ4n) is 2.96. The number of aryl methyl sites for hydroxylation is 1. The molecule has 0 radical (unpaired) electrons. The molecule has 1 aromatic rings. The number of hydrogen-bond acceptors (Lipinski definition) is 2. The summed E-state index contributed by atoms with van der Waals surface area (Å²) in [5, 5.41) is 3.72. The van der Waals surface area contributed by atoms with Crippen molar-refractivity contribution in [2.75, 3.05) is 26.7 Å². The van der Waals surface area contributed by atoms with Gasteiger partial charge in [0, 0.05) is 6.04 Å². The highest BCUT2D eigenvalue weighted by atomic mass is 15.1. The normalized spacial score (nSPS) is 19.5. The maximum Gasteiger partial charge on any atom is 0.00679 e. The largest absolute Gasteiger partial charge is 0.314 e. The van der Waals surface area contributed by atoms with Gasteiger partial charge in [-0.2, -0.15) is 0 Å². The SMILES string of the molecule is CC(NCCCc1ccccc1)C1CCN(C)CC1. The summed E-state index contributed by atoms with van der Waals surface area (Å²) in [4.78, 5) is 2.44. The molecule has 19 heavy (non-hydrogen) atoms. The van der Waals surface area contributed by atoms with E-state index < -0.39 is 0 Å². The van der Waals surface area contributed by atoms with E-state index in [4.69, 9.17) is 0 Å². The van der Waals surface area contributed by atoms with Crippen LogP contribution in [0.2, 0.25) is 0 Å². The minimum Gasteiger partial charge on any atom is -0.314 e. The lowest BCUT2D eigenvalue weighted by Crippen LogP contribution is -2.41. The first-order valence-corrected chi connectivity index (χ1v) is 7.71. The summed E-state index contributed by atoms with van der Waals surface area (Å²) in [7, 11) is 2.23. The van der Waals surface area contributed by atoms with Gasteiger partial charge in [-0.3, -0.25) is 0 Å². The summed E-state index contributed by atoms with van der Waals surface area (Å²) in [6.45, 7) is 6.03. The monoisotopic (exact) mass is 260 g/mol. The summed E-state index contributed by atoms with van der Waals surface area (Å²) in [5.74, 6) is 0.868. The van der Waals surface area contributed by atoms with Gasteiger partial charge in [0.25, 0.3) is 0 Å². The van der Waals surface area contributed by atoms with E-state index in [9.17, 15) is 0 Å². The van der Waals surface area contributed by atoms with Crippen LogP contribution in [0.25, 0.3) is 0 Å². The van der Waals surface area contributed by atoms with Gasteiger partial charge in [0.05, 0.1) is 0 Å². The molecule has 2 heteroatoms. The Hall–Kier alpha value is -0.860. The van der Waals surface area contributed by atoms with Crippen molar-refractivity contribution in [3.63, 3.8) is 0 Å². The molecular formula is C17H28N2. The predicted molar refractivity (Wildman–Crippen MR) is 82.4 cm³/mol. The molecule has 0 saturated carbocycles. The van der Waals surface area contributed by atoms with Crippen molar-refractivity contribution >= 4 is 0 Å². The molecule has 0 aliphatic carbocycles. The molecule has 1 atom stereocenters. The van der Waals surface area contributed by atoms with Crippen LogP contribution in [0.4, 0.5) is 0 Å². The lowest BCUT2D eigenvalue weighted by molar-refractivity contribution is 0.190. The van der Waals surface area contributed by atoms with Crippen molar-refractivity contribution in [3.8, 4) is 0 Å². The van der Waals surface area contributed by atoms with E-state index in [1.54, 1.807) is 0 Å². The van der Waals surface area contributed by atoms with E-state index in [1.165, 1.54) is 44.3 Å². The second kappa shape index (κ2) is 7.66. The molecule has 0 bridgehead atoms. The Bertz CT molecular complexity index is 342. The van der Waals surface area contributed by atoms with E-state index in [2.05, 4.69) is 54.5 Å². The molecule has 2 rings (SSSR count). The van der Waals surface area contributed by atoms with Crippen LogP contribution in [0.1, 0.15) is 31.7 Å². The van der Waals surface area contributed by atoms with Crippen molar-refractivity contribution in [1.29, 1.82) is 0 Å². The third-order valence-corrected chi connectivity index (χ3v) is 4.42. The van der Waals surface area contributed by atoms with Crippen molar-refractivity contribution < 1.29 is 0 Å². The molecule has 0 spiro atoms. The molecule has 0 aromatic heterocycles. The number of benzene rings is 1. The van der Waals surface area contributed by atoms with Gasteiger partial charge >= 0.3 is 0 Å². The summed E-state index contributed by atoms with van der Waals surface area (Å²) < 4.78 is 0. The molecule has 1 unspecified atom stereocenters. The minimum absolute atomic E-state index is 0.671. The van der Waals surface area contributed by atoms with E-state index in [0.717, 1.165) is 12.5 Å². The molecular weight excluding hydrogens is 232 g/mol. The zero-order valence-electron chi connectivity index (χ0n) is 12.4. The average Bonchev–Trinajstić information content (AvgIpc) is 2.45. The number of likely N-dealkylation sites (tertiary alicyclic amines) is 1. The average molecular weight is 260 g/mol. The quantitative estimate of drug-likeness (QED) is 0.791. The van der Waals surface area contributed by atoms with Crippen molar-refractivity contribution in [2.24, 2.45) is 5.92 Å². The Morgan fingerprint density at radius 1 is 1.21 bits per heavy atom. The topological polar surface area (TPSA) is 15.3 Å². The Labute approximate surface area is 118 Å². The molecule has 1 aromatic carbocycles. The first-order valence-electron chi connectivity index (χ1n) is 7.71. The maximum atomic E-state index is 3.72. The van der Waals surface area contributed by atoms with Crippen LogP contribution in [0, 0.1) is 5.92 Å². The van der Waals surface area contributed by atoms with E-state index >= 15 is 0 Å². The highest BCUT2D eigenvalue weighted by molar-refractivity contribution is 5.14. The molecule has 1 aliphatic heterocycles. The fraction of sp³-hybridized carbons (Fsp3) is 0.647.